The molecular weight excluding hydrogens is 388 g/mol. The number of hydrogen-bond acceptors (Lipinski definition) is 4. The number of benzene rings is 3. The van der Waals surface area contributed by atoms with Crippen molar-refractivity contribution >= 4 is 32.5 Å². The molecule has 28 heavy (non-hydrogen) atoms. The van der Waals surface area contributed by atoms with Crippen molar-refractivity contribution in [3.63, 3.8) is 0 Å². The van der Waals surface area contributed by atoms with Gasteiger partial charge >= 0.3 is 5.97 Å². The summed E-state index contributed by atoms with van der Waals surface area (Å²) < 4.78 is 58.8. The number of rotatable bonds is 4. The Morgan fingerprint density at radius 2 is 1.82 bits per heavy atom. The van der Waals surface area contributed by atoms with Crippen LogP contribution in [0.1, 0.15) is 18.6 Å². The minimum Gasteiger partial charge on any atom is -0.456 e. The van der Waals surface area contributed by atoms with Crippen LogP contribution in [0.15, 0.2) is 59.5 Å². The summed E-state index contributed by atoms with van der Waals surface area (Å²) in [5.74, 6) is -2.43. The molecule has 8 heteroatoms. The minimum atomic E-state index is -3.90. The molecule has 4 rings (SSSR count). The maximum absolute atomic E-state index is 13.9. The smallest absolute Gasteiger partial charge is 0.327 e. The molecule has 0 aromatic heterocycles. The Bertz CT molecular complexity index is 1200. The van der Waals surface area contributed by atoms with E-state index < -0.39 is 40.3 Å². The lowest BCUT2D eigenvalue weighted by atomic mass is 10.1. The Balaban J connectivity index is 1.59. The molecule has 0 saturated carbocycles. The fourth-order valence-electron chi connectivity index (χ4n) is 3.37. The van der Waals surface area contributed by atoms with Crippen LogP contribution >= 0.6 is 0 Å². The summed E-state index contributed by atoms with van der Waals surface area (Å²) in [6, 6.07) is 13.0. The summed E-state index contributed by atoms with van der Waals surface area (Å²) in [4.78, 5) is 12.5. The van der Waals surface area contributed by atoms with E-state index in [0.29, 0.717) is 17.1 Å². The van der Waals surface area contributed by atoms with Gasteiger partial charge in [0.2, 0.25) is 0 Å². The first-order chi connectivity index (χ1) is 13.3. The van der Waals surface area contributed by atoms with Crippen LogP contribution in [-0.4, -0.2) is 20.9 Å². The molecule has 0 spiro atoms. The number of nitrogens with zero attached hydrogens (tertiary/aromatic N) is 1. The average molecular weight is 403 g/mol. The molecule has 0 aliphatic carbocycles. The first-order valence-corrected chi connectivity index (χ1v) is 9.92. The van der Waals surface area contributed by atoms with Gasteiger partial charge in [-0.05, 0) is 36.6 Å². The highest BCUT2D eigenvalue weighted by Crippen LogP contribution is 2.41. The summed E-state index contributed by atoms with van der Waals surface area (Å²) in [5.41, 5.74) is 0.398. The second kappa shape index (κ2) is 6.56. The molecule has 1 atom stereocenters. The number of esters is 1. The van der Waals surface area contributed by atoms with Crippen LogP contribution in [0.3, 0.4) is 0 Å². The van der Waals surface area contributed by atoms with E-state index in [1.54, 1.807) is 30.3 Å². The zero-order chi connectivity index (χ0) is 20.1. The molecule has 0 N–H and O–H groups in total. The fourth-order valence-corrected chi connectivity index (χ4v) is 5.03. The van der Waals surface area contributed by atoms with Crippen LogP contribution in [-0.2, 0) is 19.6 Å². The Kier molecular flexibility index (Phi) is 4.30. The maximum atomic E-state index is 13.9. The molecule has 0 bridgehead atoms. The summed E-state index contributed by atoms with van der Waals surface area (Å²) in [6.07, 6.45) is -1.00. The molecule has 1 heterocycles. The quantitative estimate of drug-likeness (QED) is 0.619. The lowest BCUT2D eigenvalue weighted by Crippen LogP contribution is -2.34. The monoisotopic (exact) mass is 403 g/mol. The van der Waals surface area contributed by atoms with Crippen LogP contribution in [0.4, 0.5) is 14.5 Å². The summed E-state index contributed by atoms with van der Waals surface area (Å²) >= 11 is 0. The topological polar surface area (TPSA) is 63.7 Å². The van der Waals surface area contributed by atoms with Gasteiger partial charge in [0, 0.05) is 17.0 Å². The average Bonchev–Trinajstić information content (AvgIpc) is 2.85. The van der Waals surface area contributed by atoms with Gasteiger partial charge in [-0.3, -0.25) is 9.10 Å². The Morgan fingerprint density at radius 1 is 1.11 bits per heavy atom. The van der Waals surface area contributed by atoms with Gasteiger partial charge in [-0.1, -0.05) is 24.3 Å². The van der Waals surface area contributed by atoms with E-state index in [2.05, 4.69) is 0 Å². The second-order valence-corrected chi connectivity index (χ2v) is 8.27. The van der Waals surface area contributed by atoms with Gasteiger partial charge in [-0.2, -0.15) is 0 Å². The molecule has 0 fully saturated rings. The van der Waals surface area contributed by atoms with Gasteiger partial charge in [-0.25, -0.2) is 17.2 Å². The molecule has 3 aromatic rings. The van der Waals surface area contributed by atoms with Crippen molar-refractivity contribution in [1.29, 1.82) is 0 Å². The number of halogens is 2. The highest BCUT2D eigenvalue weighted by atomic mass is 32.2. The number of carbonyl (C=O) groups is 1. The zero-order valence-corrected chi connectivity index (χ0v) is 15.5. The number of sulfonamides is 1. The van der Waals surface area contributed by atoms with Gasteiger partial charge in [0.05, 0.1) is 10.6 Å². The maximum Gasteiger partial charge on any atom is 0.327 e. The standard InChI is InChI=1S/C20H15F2NO4S/c1-12(15-9-8-14(21)10-16(15)22)27-19(24)11-23-17-6-2-4-13-5-3-7-18(20(13)17)28(23,25)26/h2-10,12H,11H2,1H3. The Labute approximate surface area is 160 Å². The highest BCUT2D eigenvalue weighted by Gasteiger charge is 2.37. The van der Waals surface area contributed by atoms with E-state index in [1.165, 1.54) is 19.1 Å². The zero-order valence-electron chi connectivity index (χ0n) is 14.7. The summed E-state index contributed by atoms with van der Waals surface area (Å²) in [5, 5.41) is 1.30. The van der Waals surface area contributed by atoms with Crippen molar-refractivity contribution in [2.24, 2.45) is 0 Å². The van der Waals surface area contributed by atoms with Gasteiger partial charge in [0.1, 0.15) is 24.3 Å². The van der Waals surface area contributed by atoms with Crippen LogP contribution in [0, 0.1) is 11.6 Å². The third kappa shape index (κ3) is 2.90. The van der Waals surface area contributed by atoms with Crippen molar-refractivity contribution in [1.82, 2.24) is 0 Å². The summed E-state index contributed by atoms with van der Waals surface area (Å²) in [6.45, 7) is 0.880. The number of carbonyl (C=O) groups excluding carboxylic acids is 1. The molecule has 1 unspecified atom stereocenters. The van der Waals surface area contributed by atoms with Crippen molar-refractivity contribution in [2.45, 2.75) is 17.9 Å². The van der Waals surface area contributed by atoms with Gasteiger partial charge in [-0.15, -0.1) is 0 Å². The fraction of sp³-hybridized carbons (Fsp3) is 0.150. The van der Waals surface area contributed by atoms with Gasteiger partial charge in [0.25, 0.3) is 10.0 Å². The first-order valence-electron chi connectivity index (χ1n) is 8.48. The van der Waals surface area contributed by atoms with Crippen LogP contribution < -0.4 is 4.31 Å². The van der Waals surface area contributed by atoms with Crippen LogP contribution in [0.25, 0.3) is 10.8 Å². The van der Waals surface area contributed by atoms with Crippen LogP contribution in [0.5, 0.6) is 0 Å². The van der Waals surface area contributed by atoms with E-state index in [1.807, 2.05) is 0 Å². The summed E-state index contributed by atoms with van der Waals surface area (Å²) in [7, 11) is -3.90. The van der Waals surface area contributed by atoms with E-state index in [0.717, 1.165) is 15.8 Å². The minimum absolute atomic E-state index is 0.00409. The van der Waals surface area contributed by atoms with E-state index in [4.69, 9.17) is 4.74 Å². The molecule has 0 saturated heterocycles. The molecule has 1 aliphatic rings. The third-order valence-corrected chi connectivity index (χ3v) is 6.46. The van der Waals surface area contributed by atoms with E-state index in [-0.39, 0.29) is 10.5 Å². The number of hydrogen-bond donors (Lipinski definition) is 0. The van der Waals surface area contributed by atoms with Crippen molar-refractivity contribution in [3.8, 4) is 0 Å². The van der Waals surface area contributed by atoms with Crippen molar-refractivity contribution in [2.75, 3.05) is 10.8 Å². The molecule has 1 aliphatic heterocycles. The van der Waals surface area contributed by atoms with Gasteiger partial charge in [0.15, 0.2) is 0 Å². The molecule has 0 amide bonds. The largest absolute Gasteiger partial charge is 0.456 e. The lowest BCUT2D eigenvalue weighted by Gasteiger charge is -2.20. The van der Waals surface area contributed by atoms with E-state index in [9.17, 15) is 22.0 Å². The molecular formula is C20H15F2NO4S. The highest BCUT2D eigenvalue weighted by molar-refractivity contribution is 7.93. The first kappa shape index (κ1) is 18.4. The SMILES string of the molecule is CC(OC(=O)CN1c2cccc3cccc(c23)S1(=O)=O)c1ccc(F)cc1F. The predicted octanol–water partition coefficient (Wildman–Crippen LogP) is 3.93. The van der Waals surface area contributed by atoms with Crippen molar-refractivity contribution in [3.05, 3.63) is 71.8 Å². The molecule has 144 valence electrons. The Hall–Kier alpha value is -3.00. The van der Waals surface area contributed by atoms with Crippen LogP contribution in [0.2, 0.25) is 0 Å². The second-order valence-electron chi connectivity index (χ2n) is 6.44. The van der Waals surface area contributed by atoms with Gasteiger partial charge < -0.3 is 4.74 Å². The lowest BCUT2D eigenvalue weighted by molar-refractivity contribution is -0.146. The normalized spacial score (nSPS) is 15.6. The van der Waals surface area contributed by atoms with E-state index >= 15 is 0 Å². The predicted molar refractivity (Wildman–Crippen MR) is 99.3 cm³/mol. The third-order valence-electron chi connectivity index (χ3n) is 4.66. The van der Waals surface area contributed by atoms with Crippen molar-refractivity contribution < 1.29 is 26.7 Å². The number of anilines is 1. The number of ether oxygens (including phenoxy) is 1. The molecule has 3 aromatic carbocycles. The Morgan fingerprint density at radius 3 is 2.54 bits per heavy atom. The molecule has 5 nitrogen and oxygen atoms in total. The molecule has 0 radical (unpaired) electrons.